The van der Waals surface area contributed by atoms with Crippen molar-refractivity contribution in [3.05, 3.63) is 82.9 Å². The van der Waals surface area contributed by atoms with Crippen LogP contribution in [0.25, 0.3) is 5.76 Å². The van der Waals surface area contributed by atoms with Crippen LogP contribution in [-0.2, 0) is 16.1 Å². The number of methoxy groups -OCH3 is 1. The summed E-state index contributed by atoms with van der Waals surface area (Å²) in [7, 11) is 1.56. The average molecular weight is 548 g/mol. The third kappa shape index (κ3) is 5.68. The lowest BCUT2D eigenvalue weighted by molar-refractivity contribution is -0.140. The van der Waals surface area contributed by atoms with Gasteiger partial charge in [-0.05, 0) is 68.3 Å². The molecule has 3 aromatic rings. The molecule has 1 atom stereocenters. The summed E-state index contributed by atoms with van der Waals surface area (Å²) >= 11 is 0. The van der Waals surface area contributed by atoms with Gasteiger partial charge in [0.15, 0.2) is 11.5 Å². The number of rotatable bonds is 11. The van der Waals surface area contributed by atoms with Gasteiger partial charge in [-0.15, -0.1) is 0 Å². The Balaban J connectivity index is 1.89. The topological polar surface area (TPSA) is 115 Å². The van der Waals surface area contributed by atoms with Crippen molar-refractivity contribution in [2.75, 3.05) is 26.9 Å². The first-order chi connectivity index (χ1) is 19.3. The van der Waals surface area contributed by atoms with Gasteiger partial charge in [0.1, 0.15) is 23.0 Å². The molecular weight excluding hydrogens is 514 g/mol. The first-order valence-corrected chi connectivity index (χ1v) is 13.1. The highest BCUT2D eigenvalue weighted by Crippen LogP contribution is 2.44. The molecule has 4 rings (SSSR count). The standard InChI is InChI=1S/C31H33NO8/c1-5-38-22-13-14-23(25(17-22)39-6-2)29(34)27-28(20-10-15-24(33)26(16-20)40-7-3)32(31(36)30(27)35)18-19-8-11-21(37-4)12-9-19/h8-17,28,33-34H,5-7,18H2,1-4H3/b29-27+. The van der Waals surface area contributed by atoms with Gasteiger partial charge in [-0.1, -0.05) is 18.2 Å². The number of carbonyl (C=O) groups excluding carboxylic acids is 2. The molecule has 0 spiro atoms. The van der Waals surface area contributed by atoms with E-state index in [4.69, 9.17) is 18.9 Å². The van der Waals surface area contributed by atoms with Crippen LogP contribution in [0, 0.1) is 0 Å². The zero-order valence-corrected chi connectivity index (χ0v) is 23.0. The van der Waals surface area contributed by atoms with E-state index < -0.39 is 17.7 Å². The average Bonchev–Trinajstić information content (AvgIpc) is 3.20. The SMILES string of the molecule is CCOc1ccc(/C(O)=C2\C(=O)C(=O)N(Cc3ccc(OC)cc3)C2c2ccc(O)c(OCC)c2)c(OCC)c1. The van der Waals surface area contributed by atoms with Crippen molar-refractivity contribution >= 4 is 17.4 Å². The zero-order chi connectivity index (χ0) is 28.8. The summed E-state index contributed by atoms with van der Waals surface area (Å²) in [5.41, 5.74) is 1.39. The lowest BCUT2D eigenvalue weighted by atomic mass is 9.94. The fourth-order valence-electron chi connectivity index (χ4n) is 4.66. The van der Waals surface area contributed by atoms with Gasteiger partial charge >= 0.3 is 0 Å². The van der Waals surface area contributed by atoms with E-state index in [-0.39, 0.29) is 34.9 Å². The molecule has 1 unspecified atom stereocenters. The fraction of sp³-hybridized carbons (Fsp3) is 0.290. The third-order valence-electron chi connectivity index (χ3n) is 6.47. The van der Waals surface area contributed by atoms with Gasteiger partial charge in [0.2, 0.25) is 0 Å². The molecule has 1 aliphatic rings. The Bertz CT molecular complexity index is 1410. The Morgan fingerprint density at radius 1 is 0.825 bits per heavy atom. The second kappa shape index (κ2) is 12.5. The van der Waals surface area contributed by atoms with Crippen LogP contribution in [0.1, 0.15) is 43.5 Å². The van der Waals surface area contributed by atoms with Crippen molar-refractivity contribution in [3.63, 3.8) is 0 Å². The molecule has 0 aromatic heterocycles. The number of phenolic OH excluding ortho intramolecular Hbond substituents is 1. The number of hydrogen-bond donors (Lipinski definition) is 2. The second-order valence-corrected chi connectivity index (χ2v) is 8.96. The van der Waals surface area contributed by atoms with Gasteiger partial charge in [-0.3, -0.25) is 9.59 Å². The number of benzene rings is 3. The highest BCUT2D eigenvalue weighted by atomic mass is 16.5. The summed E-state index contributed by atoms with van der Waals surface area (Å²) < 4.78 is 22.2. The van der Waals surface area contributed by atoms with Gasteiger partial charge in [-0.2, -0.15) is 0 Å². The van der Waals surface area contributed by atoms with Crippen LogP contribution in [0.4, 0.5) is 0 Å². The molecule has 0 saturated carbocycles. The minimum atomic E-state index is -0.969. The molecule has 210 valence electrons. The molecule has 3 aromatic carbocycles. The molecule has 1 saturated heterocycles. The molecule has 2 N–H and O–H groups in total. The molecule has 9 nitrogen and oxygen atoms in total. The number of Topliss-reactive ketones (excluding diaryl/α,β-unsaturated/α-hetero) is 1. The van der Waals surface area contributed by atoms with Crippen LogP contribution in [0.15, 0.2) is 66.2 Å². The predicted molar refractivity (Wildman–Crippen MR) is 149 cm³/mol. The lowest BCUT2D eigenvalue weighted by Crippen LogP contribution is -2.29. The first-order valence-electron chi connectivity index (χ1n) is 13.1. The summed E-state index contributed by atoms with van der Waals surface area (Å²) in [6, 6.07) is 15.7. The first kappa shape index (κ1) is 28.4. The quantitative estimate of drug-likeness (QED) is 0.191. The van der Waals surface area contributed by atoms with Crippen LogP contribution in [0.5, 0.6) is 28.7 Å². The maximum Gasteiger partial charge on any atom is 0.295 e. The molecule has 0 bridgehead atoms. The Morgan fingerprint density at radius 3 is 2.12 bits per heavy atom. The minimum Gasteiger partial charge on any atom is -0.507 e. The number of ether oxygens (including phenoxy) is 4. The van der Waals surface area contributed by atoms with Crippen molar-refractivity contribution in [1.82, 2.24) is 4.90 Å². The molecule has 9 heteroatoms. The Morgan fingerprint density at radius 2 is 1.48 bits per heavy atom. The summed E-state index contributed by atoms with van der Waals surface area (Å²) in [5, 5.41) is 21.9. The van der Waals surface area contributed by atoms with Gasteiger partial charge < -0.3 is 34.1 Å². The van der Waals surface area contributed by atoms with Crippen molar-refractivity contribution < 1.29 is 38.7 Å². The van der Waals surface area contributed by atoms with E-state index >= 15 is 0 Å². The maximum atomic E-state index is 13.5. The summed E-state index contributed by atoms with van der Waals surface area (Å²) in [5.74, 6) is -0.352. The number of nitrogens with zero attached hydrogens (tertiary/aromatic N) is 1. The monoisotopic (exact) mass is 547 g/mol. The van der Waals surface area contributed by atoms with E-state index in [1.165, 1.54) is 11.0 Å². The highest BCUT2D eigenvalue weighted by Gasteiger charge is 2.46. The number of aromatic hydroxyl groups is 1. The van der Waals surface area contributed by atoms with Crippen molar-refractivity contribution in [1.29, 1.82) is 0 Å². The van der Waals surface area contributed by atoms with Gasteiger partial charge in [-0.25, -0.2) is 0 Å². The molecule has 1 amide bonds. The van der Waals surface area contributed by atoms with Crippen LogP contribution < -0.4 is 18.9 Å². The maximum absolute atomic E-state index is 13.5. The van der Waals surface area contributed by atoms with E-state index in [9.17, 15) is 19.8 Å². The van der Waals surface area contributed by atoms with Crippen LogP contribution in [0.2, 0.25) is 0 Å². The Labute approximate surface area is 233 Å². The van der Waals surface area contributed by atoms with Crippen LogP contribution in [-0.4, -0.2) is 53.7 Å². The van der Waals surface area contributed by atoms with Gasteiger partial charge in [0, 0.05) is 12.6 Å². The van der Waals surface area contributed by atoms with Crippen molar-refractivity contribution in [2.24, 2.45) is 0 Å². The van der Waals surface area contributed by atoms with E-state index in [2.05, 4.69) is 0 Å². The molecule has 0 aliphatic carbocycles. The van der Waals surface area contributed by atoms with Gasteiger partial charge in [0.25, 0.3) is 11.7 Å². The number of ketones is 1. The Hall–Kier alpha value is -4.66. The predicted octanol–water partition coefficient (Wildman–Crippen LogP) is 5.22. The lowest BCUT2D eigenvalue weighted by Gasteiger charge is -2.26. The molecule has 1 aliphatic heterocycles. The zero-order valence-electron chi connectivity index (χ0n) is 23.0. The third-order valence-corrected chi connectivity index (χ3v) is 6.47. The smallest absolute Gasteiger partial charge is 0.295 e. The van der Waals surface area contributed by atoms with Crippen molar-refractivity contribution in [3.8, 4) is 28.7 Å². The number of aliphatic hydroxyl groups excluding tert-OH is 1. The largest absolute Gasteiger partial charge is 0.507 e. The molecule has 40 heavy (non-hydrogen) atoms. The molecular formula is C31H33NO8. The van der Waals surface area contributed by atoms with E-state index in [1.807, 2.05) is 6.92 Å². The van der Waals surface area contributed by atoms with E-state index in [1.54, 1.807) is 75.6 Å². The van der Waals surface area contributed by atoms with Crippen LogP contribution >= 0.6 is 0 Å². The van der Waals surface area contributed by atoms with Crippen molar-refractivity contribution in [2.45, 2.75) is 33.4 Å². The Kier molecular flexibility index (Phi) is 8.83. The number of hydrogen-bond acceptors (Lipinski definition) is 8. The van der Waals surface area contributed by atoms with Gasteiger partial charge in [0.05, 0.1) is 44.1 Å². The highest BCUT2D eigenvalue weighted by molar-refractivity contribution is 6.46. The number of aliphatic hydroxyl groups is 1. The van der Waals surface area contributed by atoms with E-state index in [0.717, 1.165) is 5.56 Å². The minimum absolute atomic E-state index is 0.0807. The summed E-state index contributed by atoms with van der Waals surface area (Å²) in [6.07, 6.45) is 0. The molecule has 0 radical (unpaired) electrons. The normalized spacial score (nSPS) is 16.2. The molecule has 1 heterocycles. The second-order valence-electron chi connectivity index (χ2n) is 8.96. The van der Waals surface area contributed by atoms with E-state index in [0.29, 0.717) is 42.6 Å². The number of likely N-dealkylation sites (tertiary alicyclic amines) is 1. The number of amides is 1. The fourth-order valence-corrected chi connectivity index (χ4v) is 4.66. The number of carbonyl (C=O) groups is 2. The van der Waals surface area contributed by atoms with Crippen LogP contribution in [0.3, 0.4) is 0 Å². The summed E-state index contributed by atoms with van der Waals surface area (Å²) in [6.45, 7) is 6.57. The number of phenols is 1. The summed E-state index contributed by atoms with van der Waals surface area (Å²) in [4.78, 5) is 28.4. The molecule has 1 fully saturated rings.